The molecule has 1 spiro atoms. The monoisotopic (exact) mass is 420 g/mol. The van der Waals surface area contributed by atoms with Crippen LogP contribution in [0.4, 0.5) is 11.4 Å². The number of rotatable bonds is 3. The maximum Gasteiger partial charge on any atom is 0.352 e. The summed E-state index contributed by atoms with van der Waals surface area (Å²) in [7, 11) is 0. The highest BCUT2D eigenvalue weighted by molar-refractivity contribution is 8.02. The molecule has 0 saturated carbocycles. The number of aryl methyl sites for hydroxylation is 3. The molecule has 1 fully saturated rings. The standard InChI is InChI=1S/C22H20N4O3S/c1-14-9-11-18(12-10-14)25-21(17-7-5-4-6-8-17)24-29-22(25)26(19(27)13-30-22)20-15(2)23-28-16(20)3/h4-12H,13H2,1-3H3. The molecular formula is C22H20N4O3S. The zero-order valence-corrected chi connectivity index (χ0v) is 17.6. The van der Waals surface area contributed by atoms with E-state index in [1.165, 1.54) is 11.8 Å². The van der Waals surface area contributed by atoms with Crippen LogP contribution in [0.5, 0.6) is 0 Å². The van der Waals surface area contributed by atoms with E-state index in [9.17, 15) is 4.79 Å². The van der Waals surface area contributed by atoms with E-state index in [2.05, 4.69) is 10.3 Å². The van der Waals surface area contributed by atoms with Crippen LogP contribution in [0.15, 0.2) is 64.3 Å². The van der Waals surface area contributed by atoms with E-state index >= 15 is 0 Å². The maximum atomic E-state index is 13.1. The number of aromatic nitrogens is 1. The lowest BCUT2D eigenvalue weighted by atomic mass is 10.1. The van der Waals surface area contributed by atoms with Gasteiger partial charge < -0.3 is 9.36 Å². The summed E-state index contributed by atoms with van der Waals surface area (Å²) in [6, 6.07) is 17.9. The Balaban J connectivity index is 1.70. The molecule has 1 atom stereocenters. The fraction of sp³-hybridized carbons (Fsp3) is 0.227. The van der Waals surface area contributed by atoms with Gasteiger partial charge in [-0.3, -0.25) is 9.69 Å². The molecule has 2 aromatic carbocycles. The van der Waals surface area contributed by atoms with Crippen molar-refractivity contribution in [2.45, 2.75) is 26.0 Å². The van der Waals surface area contributed by atoms with Crippen LogP contribution in [0.25, 0.3) is 0 Å². The summed E-state index contributed by atoms with van der Waals surface area (Å²) >= 11 is 1.39. The van der Waals surface area contributed by atoms with Crippen LogP contribution >= 0.6 is 11.8 Å². The molecule has 30 heavy (non-hydrogen) atoms. The van der Waals surface area contributed by atoms with Gasteiger partial charge in [-0.05, 0) is 32.9 Å². The van der Waals surface area contributed by atoms with Crippen LogP contribution in [0.2, 0.25) is 0 Å². The molecule has 1 unspecified atom stereocenters. The van der Waals surface area contributed by atoms with E-state index in [-0.39, 0.29) is 11.7 Å². The highest BCUT2D eigenvalue weighted by atomic mass is 32.2. The van der Waals surface area contributed by atoms with Crippen LogP contribution < -0.4 is 9.80 Å². The van der Waals surface area contributed by atoms with Crippen molar-refractivity contribution in [2.24, 2.45) is 5.16 Å². The smallest absolute Gasteiger partial charge is 0.352 e. The van der Waals surface area contributed by atoms with E-state index in [4.69, 9.17) is 9.36 Å². The molecule has 0 N–H and O–H groups in total. The van der Waals surface area contributed by atoms with Gasteiger partial charge in [0.1, 0.15) is 11.4 Å². The number of nitrogens with zero attached hydrogens (tertiary/aromatic N) is 4. The molecule has 0 bridgehead atoms. The summed E-state index contributed by atoms with van der Waals surface area (Å²) in [5.74, 6) is 1.36. The molecule has 3 heterocycles. The lowest BCUT2D eigenvalue weighted by Crippen LogP contribution is -2.57. The van der Waals surface area contributed by atoms with Gasteiger partial charge in [-0.2, -0.15) is 0 Å². The van der Waals surface area contributed by atoms with E-state index in [0.29, 0.717) is 23.0 Å². The molecule has 0 radical (unpaired) electrons. The first-order chi connectivity index (χ1) is 14.5. The van der Waals surface area contributed by atoms with Crippen molar-refractivity contribution < 1.29 is 14.2 Å². The van der Waals surface area contributed by atoms with Gasteiger partial charge in [0.15, 0.2) is 11.6 Å². The Labute approximate surface area is 178 Å². The summed E-state index contributed by atoms with van der Waals surface area (Å²) in [6.07, 6.45) is 0. The van der Waals surface area contributed by atoms with Crippen molar-refractivity contribution in [2.75, 3.05) is 15.6 Å². The second-order valence-corrected chi connectivity index (χ2v) is 8.39. The number of hydrogen-bond acceptors (Lipinski definition) is 7. The lowest BCUT2D eigenvalue weighted by molar-refractivity contribution is -0.118. The molecule has 3 aromatic rings. The second-order valence-electron chi connectivity index (χ2n) is 7.28. The Morgan fingerprint density at radius 2 is 1.73 bits per heavy atom. The molecule has 1 aromatic heterocycles. The number of hydrogen-bond donors (Lipinski definition) is 0. The Bertz CT molecular complexity index is 1120. The Kier molecular flexibility index (Phi) is 4.32. The van der Waals surface area contributed by atoms with Crippen molar-refractivity contribution in [3.63, 3.8) is 0 Å². The highest BCUT2D eigenvalue weighted by Gasteiger charge is 2.60. The summed E-state index contributed by atoms with van der Waals surface area (Å²) in [5, 5.41) is 7.30. The first kappa shape index (κ1) is 18.7. The molecule has 8 heteroatoms. The van der Waals surface area contributed by atoms with Gasteiger partial charge in [-0.15, -0.1) is 0 Å². The van der Waals surface area contributed by atoms with Gasteiger partial charge in [-0.1, -0.05) is 70.1 Å². The zero-order valence-electron chi connectivity index (χ0n) is 16.8. The van der Waals surface area contributed by atoms with Crippen LogP contribution in [-0.2, 0) is 9.63 Å². The number of amides is 1. The molecule has 0 aliphatic carbocycles. The minimum Gasteiger partial charge on any atom is -0.359 e. The minimum absolute atomic E-state index is 0.0870. The average molecular weight is 420 g/mol. The summed E-state index contributed by atoms with van der Waals surface area (Å²) < 4.78 is 5.36. The minimum atomic E-state index is -1.20. The zero-order chi connectivity index (χ0) is 20.9. The molecule has 152 valence electrons. The predicted molar refractivity (Wildman–Crippen MR) is 116 cm³/mol. The topological polar surface area (TPSA) is 71.2 Å². The average Bonchev–Trinajstić information content (AvgIpc) is 3.40. The Hall–Kier alpha value is -3.26. The van der Waals surface area contributed by atoms with Gasteiger partial charge in [0.2, 0.25) is 5.91 Å². The number of benzene rings is 2. The van der Waals surface area contributed by atoms with E-state index in [0.717, 1.165) is 16.8 Å². The Morgan fingerprint density at radius 1 is 1.00 bits per heavy atom. The first-order valence-electron chi connectivity index (χ1n) is 9.59. The van der Waals surface area contributed by atoms with E-state index < -0.39 is 5.18 Å². The number of amidine groups is 1. The summed E-state index contributed by atoms with van der Waals surface area (Å²) in [5.41, 5.74) is 4.16. The normalized spacial score (nSPS) is 20.8. The molecule has 2 aliphatic rings. The number of anilines is 2. The largest absolute Gasteiger partial charge is 0.359 e. The van der Waals surface area contributed by atoms with Gasteiger partial charge >= 0.3 is 5.18 Å². The second kappa shape index (κ2) is 6.91. The van der Waals surface area contributed by atoms with Gasteiger partial charge in [-0.25, -0.2) is 4.90 Å². The summed E-state index contributed by atoms with van der Waals surface area (Å²) in [6.45, 7) is 5.65. The predicted octanol–water partition coefficient (Wildman–Crippen LogP) is 4.19. The Morgan fingerprint density at radius 3 is 2.40 bits per heavy atom. The van der Waals surface area contributed by atoms with E-state index in [1.807, 2.05) is 73.3 Å². The number of thioether (sulfide) groups is 1. The number of carbonyl (C=O) groups is 1. The quantitative estimate of drug-likeness (QED) is 0.633. The SMILES string of the molecule is Cc1ccc(N2C(c3ccccc3)=NOC23SCC(=O)N3c2c(C)noc2C)cc1. The molecule has 5 rings (SSSR count). The third kappa shape index (κ3) is 2.71. The number of carbonyl (C=O) groups excluding carboxylic acids is 1. The maximum absolute atomic E-state index is 13.1. The molecular weight excluding hydrogens is 400 g/mol. The molecule has 7 nitrogen and oxygen atoms in total. The lowest BCUT2D eigenvalue weighted by Gasteiger charge is -2.38. The van der Waals surface area contributed by atoms with Crippen molar-refractivity contribution in [1.82, 2.24) is 5.16 Å². The van der Waals surface area contributed by atoms with Gasteiger partial charge in [0.25, 0.3) is 0 Å². The summed E-state index contributed by atoms with van der Waals surface area (Å²) in [4.78, 5) is 22.8. The fourth-order valence-electron chi connectivity index (χ4n) is 3.80. The van der Waals surface area contributed by atoms with Gasteiger partial charge in [0.05, 0.1) is 5.75 Å². The van der Waals surface area contributed by atoms with Crippen LogP contribution in [0.1, 0.15) is 22.6 Å². The van der Waals surface area contributed by atoms with Gasteiger partial charge in [0, 0.05) is 11.3 Å². The fourth-order valence-corrected chi connectivity index (χ4v) is 4.98. The number of oxime groups is 1. The van der Waals surface area contributed by atoms with Crippen LogP contribution in [0, 0.1) is 20.8 Å². The third-order valence-electron chi connectivity index (χ3n) is 5.20. The molecule has 1 amide bonds. The molecule has 2 aliphatic heterocycles. The van der Waals surface area contributed by atoms with Crippen molar-refractivity contribution >= 4 is 34.9 Å². The molecule has 1 saturated heterocycles. The van der Waals surface area contributed by atoms with Crippen molar-refractivity contribution in [3.8, 4) is 0 Å². The van der Waals surface area contributed by atoms with Crippen LogP contribution in [0.3, 0.4) is 0 Å². The van der Waals surface area contributed by atoms with Crippen molar-refractivity contribution in [3.05, 3.63) is 77.2 Å². The van der Waals surface area contributed by atoms with E-state index in [1.54, 1.807) is 11.8 Å². The van der Waals surface area contributed by atoms with Crippen LogP contribution in [-0.4, -0.2) is 27.8 Å². The van der Waals surface area contributed by atoms with Crippen molar-refractivity contribution in [1.29, 1.82) is 0 Å². The highest BCUT2D eigenvalue weighted by Crippen LogP contribution is 2.50. The first-order valence-corrected chi connectivity index (χ1v) is 10.6. The third-order valence-corrected chi connectivity index (χ3v) is 6.41.